The molecule has 3 aromatic rings. The minimum Gasteiger partial charge on any atom is -0.476 e. The second kappa shape index (κ2) is 9.78. The number of alkyl carbamates (subject to hydrolysis) is 1. The first-order valence-electron chi connectivity index (χ1n) is 10.9. The van der Waals surface area contributed by atoms with Gasteiger partial charge in [-0.3, -0.25) is 4.79 Å². The fourth-order valence-corrected chi connectivity index (χ4v) is 4.08. The Labute approximate surface area is 196 Å². The Kier molecular flexibility index (Phi) is 6.62. The zero-order valence-electron chi connectivity index (χ0n) is 18.8. The number of fused-ring (bicyclic) bond motifs is 3. The van der Waals surface area contributed by atoms with Gasteiger partial charge in [-0.2, -0.15) is 0 Å². The van der Waals surface area contributed by atoms with Crippen LogP contribution in [0.4, 0.5) is 4.79 Å². The number of carboxylic acids is 1. The number of carbonyl (C=O) groups excluding carboxylic acids is 2. The van der Waals surface area contributed by atoms with Gasteiger partial charge in [-0.05, 0) is 29.2 Å². The van der Waals surface area contributed by atoms with Gasteiger partial charge in [-0.25, -0.2) is 14.6 Å². The van der Waals surface area contributed by atoms with Crippen LogP contribution in [0.3, 0.4) is 0 Å². The number of benzene rings is 2. The molecule has 0 saturated carbocycles. The number of oxazole rings is 1. The van der Waals surface area contributed by atoms with Gasteiger partial charge in [0.15, 0.2) is 17.8 Å². The van der Waals surface area contributed by atoms with Crippen LogP contribution in [0.2, 0.25) is 0 Å². The van der Waals surface area contributed by atoms with Crippen LogP contribution < -0.4 is 10.6 Å². The zero-order chi connectivity index (χ0) is 24.2. The molecule has 2 atom stereocenters. The van der Waals surface area contributed by atoms with Crippen LogP contribution in [-0.2, 0) is 16.1 Å². The summed E-state index contributed by atoms with van der Waals surface area (Å²) in [5.41, 5.74) is 4.26. The van der Waals surface area contributed by atoms with Crippen LogP contribution in [0, 0.1) is 5.92 Å². The molecule has 0 spiro atoms. The van der Waals surface area contributed by atoms with Crippen molar-refractivity contribution in [3.05, 3.63) is 77.5 Å². The molecular weight excluding hydrogens is 438 g/mol. The Morgan fingerprint density at radius 2 is 1.68 bits per heavy atom. The molecule has 34 heavy (non-hydrogen) atoms. The lowest BCUT2D eigenvalue weighted by atomic mass is 9.98. The van der Waals surface area contributed by atoms with Crippen molar-refractivity contribution in [2.24, 2.45) is 5.92 Å². The first-order valence-corrected chi connectivity index (χ1v) is 10.9. The molecule has 4 rings (SSSR count). The molecule has 1 aliphatic rings. The first kappa shape index (κ1) is 23.0. The molecule has 2 amide bonds. The number of nitrogens with one attached hydrogen (secondary N) is 2. The fourth-order valence-electron chi connectivity index (χ4n) is 4.08. The Hall–Kier alpha value is -4.14. The maximum absolute atomic E-state index is 12.5. The van der Waals surface area contributed by atoms with Gasteiger partial charge in [0.2, 0.25) is 5.91 Å². The molecule has 1 aliphatic carbocycles. The number of amides is 2. The van der Waals surface area contributed by atoms with Crippen LogP contribution in [-0.4, -0.2) is 40.7 Å². The summed E-state index contributed by atoms with van der Waals surface area (Å²) in [4.78, 5) is 39.6. The van der Waals surface area contributed by atoms with Crippen molar-refractivity contribution in [3.8, 4) is 11.1 Å². The van der Waals surface area contributed by atoms with E-state index in [0.29, 0.717) is 0 Å². The largest absolute Gasteiger partial charge is 0.476 e. The van der Waals surface area contributed by atoms with Gasteiger partial charge < -0.3 is 24.9 Å². The predicted molar refractivity (Wildman–Crippen MR) is 122 cm³/mol. The molecule has 1 aromatic heterocycles. The number of carbonyl (C=O) groups is 3. The summed E-state index contributed by atoms with van der Waals surface area (Å²) < 4.78 is 10.5. The van der Waals surface area contributed by atoms with E-state index in [2.05, 4.69) is 27.8 Å². The topological polar surface area (TPSA) is 131 Å². The van der Waals surface area contributed by atoms with Crippen molar-refractivity contribution in [2.75, 3.05) is 6.61 Å². The number of carboxylic acid groups (broad SMARTS) is 1. The third-order valence-electron chi connectivity index (χ3n) is 6.12. The highest BCUT2D eigenvalue weighted by Crippen LogP contribution is 2.44. The van der Waals surface area contributed by atoms with E-state index in [-0.39, 0.29) is 36.4 Å². The van der Waals surface area contributed by atoms with Gasteiger partial charge in [0.05, 0.1) is 12.5 Å². The molecule has 2 unspecified atom stereocenters. The lowest BCUT2D eigenvalue weighted by molar-refractivity contribution is -0.125. The van der Waals surface area contributed by atoms with Crippen LogP contribution in [0.1, 0.15) is 47.1 Å². The monoisotopic (exact) mass is 463 g/mol. The number of nitrogens with zero attached hydrogens (tertiary/aromatic N) is 1. The fraction of sp³-hybridized carbons (Fsp3) is 0.280. The standard InChI is InChI=1S/C25H25N3O6/c1-14(23(29)26-11-21-22(24(30)31)27-13-34-21)15(2)28-25(32)33-12-20-18-9-5-3-7-16(18)17-8-4-6-10-19(17)20/h3-10,13-15,20H,11-12H2,1-2H3,(H,26,29)(H,28,32)(H,30,31). The molecule has 0 bridgehead atoms. The molecular formula is C25H25N3O6. The SMILES string of the molecule is CC(NC(=O)OCC1c2ccccc2-c2ccccc21)C(C)C(=O)NCc1ocnc1C(=O)O. The molecule has 176 valence electrons. The van der Waals surface area contributed by atoms with E-state index in [4.69, 9.17) is 14.3 Å². The lowest BCUT2D eigenvalue weighted by Gasteiger charge is -2.21. The molecule has 0 fully saturated rings. The third kappa shape index (κ3) is 4.63. The zero-order valence-corrected chi connectivity index (χ0v) is 18.8. The molecule has 0 radical (unpaired) electrons. The van der Waals surface area contributed by atoms with Gasteiger partial charge in [-0.15, -0.1) is 0 Å². The summed E-state index contributed by atoms with van der Waals surface area (Å²) >= 11 is 0. The third-order valence-corrected chi connectivity index (χ3v) is 6.12. The van der Waals surface area contributed by atoms with Crippen molar-refractivity contribution >= 4 is 18.0 Å². The average Bonchev–Trinajstić information content (AvgIpc) is 3.43. The molecule has 2 aromatic carbocycles. The maximum Gasteiger partial charge on any atom is 0.407 e. The minimum atomic E-state index is -1.24. The van der Waals surface area contributed by atoms with E-state index in [1.165, 1.54) is 0 Å². The van der Waals surface area contributed by atoms with Gasteiger partial charge >= 0.3 is 12.1 Å². The molecule has 9 nitrogen and oxygen atoms in total. The van der Waals surface area contributed by atoms with Gasteiger partial charge in [0.1, 0.15) is 6.61 Å². The second-order valence-corrected chi connectivity index (χ2v) is 8.19. The Balaban J connectivity index is 1.30. The Bertz CT molecular complexity index is 1180. The van der Waals surface area contributed by atoms with Gasteiger partial charge in [0.25, 0.3) is 0 Å². The molecule has 0 saturated heterocycles. The van der Waals surface area contributed by atoms with Crippen LogP contribution in [0.15, 0.2) is 59.3 Å². The van der Waals surface area contributed by atoms with Gasteiger partial charge in [0, 0.05) is 12.0 Å². The highest BCUT2D eigenvalue weighted by atomic mass is 16.5. The summed E-state index contributed by atoms with van der Waals surface area (Å²) in [5, 5.41) is 14.4. The van der Waals surface area contributed by atoms with Crippen LogP contribution >= 0.6 is 0 Å². The quantitative estimate of drug-likeness (QED) is 0.466. The first-order chi connectivity index (χ1) is 16.4. The average molecular weight is 463 g/mol. The van der Waals surface area contributed by atoms with E-state index in [9.17, 15) is 14.4 Å². The number of hydrogen-bond acceptors (Lipinski definition) is 6. The number of hydrogen-bond donors (Lipinski definition) is 3. The Morgan fingerprint density at radius 1 is 1.06 bits per heavy atom. The number of aromatic nitrogens is 1. The summed E-state index contributed by atoms with van der Waals surface area (Å²) in [5.74, 6) is -2.23. The highest BCUT2D eigenvalue weighted by molar-refractivity contribution is 5.86. The maximum atomic E-state index is 12.5. The number of rotatable bonds is 8. The van der Waals surface area contributed by atoms with Crippen molar-refractivity contribution < 1.29 is 28.6 Å². The minimum absolute atomic E-state index is 0.0465. The molecule has 9 heteroatoms. The van der Waals surface area contributed by atoms with Crippen molar-refractivity contribution in [2.45, 2.75) is 32.4 Å². The molecule has 1 heterocycles. The van der Waals surface area contributed by atoms with Gasteiger partial charge in [-0.1, -0.05) is 55.5 Å². The predicted octanol–water partition coefficient (Wildman–Crippen LogP) is 3.55. The van der Waals surface area contributed by atoms with E-state index in [1.54, 1.807) is 13.8 Å². The second-order valence-electron chi connectivity index (χ2n) is 8.19. The summed E-state index contributed by atoms with van der Waals surface area (Å²) in [6, 6.07) is 15.6. The summed E-state index contributed by atoms with van der Waals surface area (Å²) in [7, 11) is 0. The normalized spacial score (nSPS) is 13.9. The van der Waals surface area contributed by atoms with Crippen LogP contribution in [0.25, 0.3) is 11.1 Å². The van der Waals surface area contributed by atoms with E-state index < -0.39 is 24.0 Å². The van der Waals surface area contributed by atoms with E-state index in [1.807, 2.05) is 36.4 Å². The molecule has 0 aliphatic heterocycles. The summed E-state index contributed by atoms with van der Waals surface area (Å²) in [6.45, 7) is 3.41. The smallest absolute Gasteiger partial charge is 0.407 e. The van der Waals surface area contributed by atoms with Crippen molar-refractivity contribution in [3.63, 3.8) is 0 Å². The van der Waals surface area contributed by atoms with E-state index in [0.717, 1.165) is 28.6 Å². The van der Waals surface area contributed by atoms with E-state index >= 15 is 0 Å². The molecule has 3 N–H and O–H groups in total. The lowest BCUT2D eigenvalue weighted by Crippen LogP contribution is -2.44. The number of ether oxygens (including phenoxy) is 1. The van der Waals surface area contributed by atoms with Crippen molar-refractivity contribution in [1.82, 2.24) is 15.6 Å². The highest BCUT2D eigenvalue weighted by Gasteiger charge is 2.30. The number of aromatic carboxylic acids is 1. The summed E-state index contributed by atoms with van der Waals surface area (Å²) in [6.07, 6.45) is 0.396. The Morgan fingerprint density at radius 3 is 2.29 bits per heavy atom. The van der Waals surface area contributed by atoms with Crippen molar-refractivity contribution in [1.29, 1.82) is 0 Å². The van der Waals surface area contributed by atoms with Crippen LogP contribution in [0.5, 0.6) is 0 Å².